The number of fused-ring (bicyclic) bond motifs is 1. The second-order valence-corrected chi connectivity index (χ2v) is 6.64. The summed E-state index contributed by atoms with van der Waals surface area (Å²) in [6.07, 6.45) is 5.87. The molecule has 1 aromatic carbocycles. The second-order valence-electron chi connectivity index (χ2n) is 6.25. The third-order valence-electron chi connectivity index (χ3n) is 4.69. The van der Waals surface area contributed by atoms with E-state index in [9.17, 15) is 0 Å². The molecule has 3 heterocycles. The molecule has 3 aromatic rings. The van der Waals surface area contributed by atoms with Gasteiger partial charge in [-0.15, -0.1) is 0 Å². The van der Waals surface area contributed by atoms with Crippen molar-refractivity contribution in [1.29, 1.82) is 0 Å². The highest BCUT2D eigenvalue weighted by Crippen LogP contribution is 2.32. The fourth-order valence-electron chi connectivity index (χ4n) is 3.39. The third kappa shape index (κ3) is 3.03. The van der Waals surface area contributed by atoms with Crippen LogP contribution in [0.2, 0.25) is 0 Å². The molecule has 1 aliphatic rings. The number of para-hydroxylation sites is 1. The van der Waals surface area contributed by atoms with E-state index in [1.54, 1.807) is 6.20 Å². The molecule has 0 bridgehead atoms. The highest BCUT2D eigenvalue weighted by molar-refractivity contribution is 7.80. The first kappa shape index (κ1) is 15.8. The number of hydrogen-bond acceptors (Lipinski definition) is 2. The van der Waals surface area contributed by atoms with Crippen molar-refractivity contribution >= 4 is 23.0 Å². The van der Waals surface area contributed by atoms with Gasteiger partial charge in [-0.1, -0.05) is 24.3 Å². The topological polar surface area (TPSA) is 33.1 Å². The summed E-state index contributed by atoms with van der Waals surface area (Å²) in [5, 5.41) is 4.18. The first-order valence-corrected chi connectivity index (χ1v) is 8.83. The normalized spacial score (nSPS) is 16.4. The average Bonchev–Trinajstić information content (AvgIpc) is 3.12. The van der Waals surface area contributed by atoms with Crippen molar-refractivity contribution in [3.05, 3.63) is 83.9 Å². The molecule has 0 spiro atoms. The smallest absolute Gasteiger partial charge is 0.174 e. The third-order valence-corrected chi connectivity index (χ3v) is 5.02. The molecule has 1 N–H and O–H groups in total. The fourth-order valence-corrected chi connectivity index (χ4v) is 3.70. The molecule has 25 heavy (non-hydrogen) atoms. The van der Waals surface area contributed by atoms with Crippen molar-refractivity contribution in [2.45, 2.75) is 19.5 Å². The van der Waals surface area contributed by atoms with Crippen LogP contribution in [-0.2, 0) is 6.54 Å². The van der Waals surface area contributed by atoms with Gasteiger partial charge in [-0.2, -0.15) is 0 Å². The summed E-state index contributed by atoms with van der Waals surface area (Å²) < 4.78 is 2.30. The zero-order valence-corrected chi connectivity index (χ0v) is 14.9. The Morgan fingerprint density at radius 2 is 2.00 bits per heavy atom. The summed E-state index contributed by atoms with van der Waals surface area (Å²) >= 11 is 5.78. The van der Waals surface area contributed by atoms with Crippen molar-refractivity contribution in [3.8, 4) is 0 Å². The number of nitrogens with one attached hydrogen (secondary N) is 1. The Morgan fingerprint density at radius 1 is 1.12 bits per heavy atom. The quantitative estimate of drug-likeness (QED) is 0.710. The van der Waals surface area contributed by atoms with Crippen molar-refractivity contribution in [2.24, 2.45) is 0 Å². The number of pyridine rings is 1. The van der Waals surface area contributed by atoms with Crippen molar-refractivity contribution in [2.75, 3.05) is 11.9 Å². The first-order chi connectivity index (χ1) is 12.2. The predicted octanol–water partition coefficient (Wildman–Crippen LogP) is 3.99. The zero-order chi connectivity index (χ0) is 17.2. The molecule has 0 radical (unpaired) electrons. The molecule has 4 nitrogen and oxygen atoms in total. The highest BCUT2D eigenvalue weighted by atomic mass is 32.1. The van der Waals surface area contributed by atoms with Gasteiger partial charge in [0.1, 0.15) is 0 Å². The summed E-state index contributed by atoms with van der Waals surface area (Å²) in [5.74, 6) is 0. The molecule has 1 aliphatic heterocycles. The van der Waals surface area contributed by atoms with Gasteiger partial charge in [0, 0.05) is 43.1 Å². The van der Waals surface area contributed by atoms with Gasteiger partial charge in [-0.05, 0) is 54.5 Å². The summed E-state index contributed by atoms with van der Waals surface area (Å²) in [6, 6.07) is 16.6. The minimum atomic E-state index is 0.0708. The van der Waals surface area contributed by atoms with Crippen LogP contribution in [0.3, 0.4) is 0 Å². The van der Waals surface area contributed by atoms with Crippen molar-refractivity contribution in [1.82, 2.24) is 14.5 Å². The number of nitrogens with zero attached hydrogens (tertiary/aromatic N) is 3. The van der Waals surface area contributed by atoms with E-state index >= 15 is 0 Å². The SMILES string of the molecule is Cc1ccccc1NC(=S)N1CCn2cccc2C1c1cccnc1. The molecule has 0 aliphatic carbocycles. The van der Waals surface area contributed by atoms with Crippen LogP contribution >= 0.6 is 12.2 Å². The molecule has 4 rings (SSSR count). The zero-order valence-electron chi connectivity index (χ0n) is 14.1. The maximum absolute atomic E-state index is 5.78. The number of benzene rings is 1. The molecule has 126 valence electrons. The summed E-state index contributed by atoms with van der Waals surface area (Å²) in [4.78, 5) is 6.57. The largest absolute Gasteiger partial charge is 0.348 e. The maximum Gasteiger partial charge on any atom is 0.174 e. The number of aromatic nitrogens is 2. The number of anilines is 1. The lowest BCUT2D eigenvalue weighted by molar-refractivity contribution is 0.293. The molecule has 0 fully saturated rings. The van der Waals surface area contributed by atoms with E-state index < -0.39 is 0 Å². The van der Waals surface area contributed by atoms with Gasteiger partial charge in [-0.3, -0.25) is 4.98 Å². The van der Waals surface area contributed by atoms with Crippen LogP contribution in [0.5, 0.6) is 0 Å². The van der Waals surface area contributed by atoms with Gasteiger partial charge in [-0.25, -0.2) is 0 Å². The summed E-state index contributed by atoms with van der Waals surface area (Å²) in [5.41, 5.74) is 4.63. The number of hydrogen-bond donors (Lipinski definition) is 1. The van der Waals surface area contributed by atoms with E-state index in [1.807, 2.05) is 24.4 Å². The number of rotatable bonds is 2. The van der Waals surface area contributed by atoms with E-state index in [0.717, 1.165) is 29.5 Å². The van der Waals surface area contributed by atoms with Crippen molar-refractivity contribution < 1.29 is 0 Å². The second kappa shape index (κ2) is 6.69. The predicted molar refractivity (Wildman–Crippen MR) is 105 cm³/mol. The lowest BCUT2D eigenvalue weighted by atomic mass is 10.0. The van der Waals surface area contributed by atoms with Gasteiger partial charge in [0.2, 0.25) is 0 Å². The van der Waals surface area contributed by atoms with E-state index in [-0.39, 0.29) is 6.04 Å². The Kier molecular flexibility index (Phi) is 4.24. The first-order valence-electron chi connectivity index (χ1n) is 8.42. The monoisotopic (exact) mass is 348 g/mol. The van der Waals surface area contributed by atoms with Gasteiger partial charge < -0.3 is 14.8 Å². The molecule has 2 aromatic heterocycles. The van der Waals surface area contributed by atoms with Gasteiger partial charge in [0.25, 0.3) is 0 Å². The molecule has 5 heteroatoms. The molecular formula is C20H20N4S. The molecule has 0 saturated carbocycles. The van der Waals surface area contributed by atoms with E-state index in [4.69, 9.17) is 12.2 Å². The minimum absolute atomic E-state index is 0.0708. The Bertz CT molecular complexity index is 887. The molecule has 0 saturated heterocycles. The van der Waals surface area contributed by atoms with Crippen LogP contribution in [0.4, 0.5) is 5.69 Å². The van der Waals surface area contributed by atoms with Gasteiger partial charge >= 0.3 is 0 Å². The van der Waals surface area contributed by atoms with Gasteiger partial charge in [0.15, 0.2) is 5.11 Å². The number of thiocarbonyl (C=S) groups is 1. The minimum Gasteiger partial charge on any atom is -0.348 e. The average molecular weight is 348 g/mol. The van der Waals surface area contributed by atoms with E-state index in [1.165, 1.54) is 11.3 Å². The highest BCUT2D eigenvalue weighted by Gasteiger charge is 2.30. The van der Waals surface area contributed by atoms with Crippen molar-refractivity contribution in [3.63, 3.8) is 0 Å². The van der Waals surface area contributed by atoms with Gasteiger partial charge in [0.05, 0.1) is 6.04 Å². The molecule has 1 unspecified atom stereocenters. The van der Waals surface area contributed by atoms with Crippen LogP contribution in [0.1, 0.15) is 22.9 Å². The van der Waals surface area contributed by atoms with E-state index in [2.05, 4.69) is 63.2 Å². The van der Waals surface area contributed by atoms with Crippen LogP contribution in [0, 0.1) is 6.92 Å². The lowest BCUT2D eigenvalue weighted by Crippen LogP contribution is -2.44. The lowest BCUT2D eigenvalue weighted by Gasteiger charge is -2.39. The Labute approximate surface area is 153 Å². The standard InChI is InChI=1S/C20H20N4S/c1-15-6-2-3-8-17(15)22-20(25)24-13-12-23-11-5-9-18(23)19(24)16-7-4-10-21-14-16/h2-11,14,19H,12-13H2,1H3,(H,22,25). The van der Waals surface area contributed by atoms with Crippen LogP contribution < -0.4 is 5.32 Å². The maximum atomic E-state index is 5.78. The Morgan fingerprint density at radius 3 is 2.80 bits per heavy atom. The summed E-state index contributed by atoms with van der Waals surface area (Å²) in [7, 11) is 0. The molecule has 0 amide bonds. The van der Waals surface area contributed by atoms with E-state index in [0.29, 0.717) is 0 Å². The summed E-state index contributed by atoms with van der Waals surface area (Å²) in [6.45, 7) is 3.87. The Hall–Kier alpha value is -2.66. The fraction of sp³-hybridized carbons (Fsp3) is 0.200. The molecule has 1 atom stereocenters. The van der Waals surface area contributed by atoms with Crippen LogP contribution in [0.15, 0.2) is 67.1 Å². The van der Waals surface area contributed by atoms with Crippen LogP contribution in [0.25, 0.3) is 0 Å². The Balaban J connectivity index is 1.68. The van der Waals surface area contributed by atoms with Crippen LogP contribution in [-0.4, -0.2) is 26.1 Å². The molecular weight excluding hydrogens is 328 g/mol. The number of aryl methyl sites for hydroxylation is 1.